The molecule has 0 heterocycles. The molecule has 0 atom stereocenters. The fourth-order valence-corrected chi connectivity index (χ4v) is 3.30. The second-order valence-electron chi connectivity index (χ2n) is 4.44. The average Bonchev–Trinajstić information content (AvgIpc) is 2.45. The minimum Gasteiger partial charge on any atom is -0.355 e. The quantitative estimate of drug-likeness (QED) is 0.808. The standard InChI is InChI=1S/C14H19N3O3S/c1-3-16-14(18)10-17(4-2)21(19,20)11-13-7-5-12(9-15)6-8-13/h5-8H,3-4,10-11H2,1-2H3,(H,16,18). The van der Waals surface area contributed by atoms with Crippen molar-refractivity contribution >= 4 is 15.9 Å². The summed E-state index contributed by atoms with van der Waals surface area (Å²) in [6, 6.07) is 8.34. The van der Waals surface area contributed by atoms with Crippen LogP contribution in [0.5, 0.6) is 0 Å². The van der Waals surface area contributed by atoms with Crippen molar-refractivity contribution in [1.29, 1.82) is 5.26 Å². The summed E-state index contributed by atoms with van der Waals surface area (Å²) in [6.45, 7) is 3.99. The molecule has 0 bridgehead atoms. The molecule has 7 heteroatoms. The molecule has 0 saturated carbocycles. The first kappa shape index (κ1) is 17.1. The summed E-state index contributed by atoms with van der Waals surface area (Å²) in [6.07, 6.45) is 0. The molecule has 1 aromatic carbocycles. The van der Waals surface area contributed by atoms with Gasteiger partial charge in [-0.1, -0.05) is 19.1 Å². The van der Waals surface area contributed by atoms with Gasteiger partial charge in [0.25, 0.3) is 0 Å². The van der Waals surface area contributed by atoms with Crippen LogP contribution in [0.3, 0.4) is 0 Å². The SMILES string of the molecule is CCNC(=O)CN(CC)S(=O)(=O)Cc1ccc(C#N)cc1. The Morgan fingerprint density at radius 1 is 1.29 bits per heavy atom. The normalized spacial score (nSPS) is 11.1. The monoisotopic (exact) mass is 309 g/mol. The molecule has 1 amide bonds. The van der Waals surface area contributed by atoms with E-state index in [1.165, 1.54) is 0 Å². The van der Waals surface area contributed by atoms with E-state index in [1.807, 2.05) is 6.07 Å². The number of nitrogens with zero attached hydrogens (tertiary/aromatic N) is 2. The van der Waals surface area contributed by atoms with E-state index in [1.54, 1.807) is 38.1 Å². The number of likely N-dealkylation sites (N-methyl/N-ethyl adjacent to an activating group) is 2. The lowest BCUT2D eigenvalue weighted by Gasteiger charge is -2.19. The number of nitrogens with one attached hydrogen (secondary N) is 1. The largest absolute Gasteiger partial charge is 0.355 e. The van der Waals surface area contributed by atoms with Gasteiger partial charge in [0.2, 0.25) is 15.9 Å². The van der Waals surface area contributed by atoms with Crippen molar-refractivity contribution in [3.8, 4) is 6.07 Å². The van der Waals surface area contributed by atoms with Crippen molar-refractivity contribution in [2.24, 2.45) is 0 Å². The summed E-state index contributed by atoms with van der Waals surface area (Å²) in [7, 11) is -3.57. The van der Waals surface area contributed by atoms with Gasteiger partial charge in [-0.25, -0.2) is 8.42 Å². The van der Waals surface area contributed by atoms with Crippen molar-refractivity contribution in [1.82, 2.24) is 9.62 Å². The molecule has 114 valence electrons. The van der Waals surface area contributed by atoms with E-state index in [-0.39, 0.29) is 24.7 Å². The smallest absolute Gasteiger partial charge is 0.235 e. The second kappa shape index (κ2) is 7.76. The Kier molecular flexibility index (Phi) is 6.34. The summed E-state index contributed by atoms with van der Waals surface area (Å²) in [5, 5.41) is 11.3. The van der Waals surface area contributed by atoms with Crippen molar-refractivity contribution < 1.29 is 13.2 Å². The Labute approximate surface area is 125 Å². The zero-order valence-corrected chi connectivity index (χ0v) is 13.0. The first-order valence-electron chi connectivity index (χ1n) is 6.66. The molecule has 6 nitrogen and oxygen atoms in total. The molecule has 0 aromatic heterocycles. The fraction of sp³-hybridized carbons (Fsp3) is 0.429. The summed E-state index contributed by atoms with van der Waals surface area (Å²) in [4.78, 5) is 11.5. The number of hydrogen-bond donors (Lipinski definition) is 1. The van der Waals surface area contributed by atoms with E-state index < -0.39 is 10.0 Å². The lowest BCUT2D eigenvalue weighted by Crippen LogP contribution is -2.41. The van der Waals surface area contributed by atoms with Crippen molar-refractivity contribution in [2.75, 3.05) is 19.6 Å². The second-order valence-corrected chi connectivity index (χ2v) is 6.41. The van der Waals surface area contributed by atoms with Crippen LogP contribution < -0.4 is 5.32 Å². The van der Waals surface area contributed by atoms with Crippen molar-refractivity contribution in [3.63, 3.8) is 0 Å². The number of benzene rings is 1. The van der Waals surface area contributed by atoms with Crippen LogP contribution >= 0.6 is 0 Å². The highest BCUT2D eigenvalue weighted by Crippen LogP contribution is 2.11. The van der Waals surface area contributed by atoms with E-state index in [0.717, 1.165) is 4.31 Å². The van der Waals surface area contributed by atoms with Crippen LogP contribution in [-0.2, 0) is 20.6 Å². The van der Waals surface area contributed by atoms with E-state index in [0.29, 0.717) is 17.7 Å². The van der Waals surface area contributed by atoms with Gasteiger partial charge >= 0.3 is 0 Å². The molecule has 0 spiro atoms. The molecule has 1 rings (SSSR count). The van der Waals surface area contributed by atoms with Crippen molar-refractivity contribution in [2.45, 2.75) is 19.6 Å². The number of nitriles is 1. The maximum absolute atomic E-state index is 12.3. The van der Waals surface area contributed by atoms with Crippen LogP contribution in [0.2, 0.25) is 0 Å². The Balaban J connectivity index is 2.82. The third kappa shape index (κ3) is 5.17. The van der Waals surface area contributed by atoms with E-state index >= 15 is 0 Å². The van der Waals surface area contributed by atoms with Crippen LogP contribution in [0.4, 0.5) is 0 Å². The number of amides is 1. The van der Waals surface area contributed by atoms with Crippen LogP contribution in [0.25, 0.3) is 0 Å². The van der Waals surface area contributed by atoms with Gasteiger partial charge in [0.1, 0.15) is 0 Å². The molecule has 1 N–H and O–H groups in total. The number of rotatable bonds is 7. The third-order valence-electron chi connectivity index (χ3n) is 2.87. The summed E-state index contributed by atoms with van der Waals surface area (Å²) in [5.41, 5.74) is 1.06. The fourth-order valence-electron chi connectivity index (χ4n) is 1.80. The van der Waals surface area contributed by atoms with Gasteiger partial charge in [-0.05, 0) is 24.6 Å². The molecule has 0 saturated heterocycles. The zero-order valence-electron chi connectivity index (χ0n) is 12.2. The number of hydrogen-bond acceptors (Lipinski definition) is 4. The van der Waals surface area contributed by atoms with E-state index in [2.05, 4.69) is 5.32 Å². The summed E-state index contributed by atoms with van der Waals surface area (Å²) in [5.74, 6) is -0.505. The number of carbonyl (C=O) groups excluding carboxylic acids is 1. The lowest BCUT2D eigenvalue weighted by molar-refractivity contribution is -0.121. The van der Waals surface area contributed by atoms with Crippen LogP contribution in [0.15, 0.2) is 24.3 Å². The predicted octanol–water partition coefficient (Wildman–Crippen LogP) is 0.846. The topological polar surface area (TPSA) is 90.3 Å². The Bertz CT molecular complexity index is 618. The molecular formula is C14H19N3O3S. The first-order chi connectivity index (χ1) is 9.92. The molecular weight excluding hydrogens is 290 g/mol. The molecule has 0 radical (unpaired) electrons. The van der Waals surface area contributed by atoms with E-state index in [4.69, 9.17) is 5.26 Å². The van der Waals surface area contributed by atoms with Crippen molar-refractivity contribution in [3.05, 3.63) is 35.4 Å². The summed E-state index contributed by atoms with van der Waals surface area (Å²) < 4.78 is 25.8. The predicted molar refractivity (Wildman–Crippen MR) is 79.7 cm³/mol. The minimum absolute atomic E-state index is 0.178. The van der Waals surface area contributed by atoms with Gasteiger partial charge in [0, 0.05) is 13.1 Å². The first-order valence-corrected chi connectivity index (χ1v) is 8.27. The molecule has 0 fully saturated rings. The van der Waals surface area contributed by atoms with Crippen LogP contribution in [0, 0.1) is 11.3 Å². The minimum atomic E-state index is -3.57. The number of sulfonamides is 1. The highest BCUT2D eigenvalue weighted by molar-refractivity contribution is 7.88. The van der Waals surface area contributed by atoms with Gasteiger partial charge in [0.15, 0.2) is 0 Å². The van der Waals surface area contributed by atoms with Crippen LogP contribution in [-0.4, -0.2) is 38.3 Å². The maximum atomic E-state index is 12.3. The van der Waals surface area contributed by atoms with Gasteiger partial charge in [-0.15, -0.1) is 0 Å². The third-order valence-corrected chi connectivity index (χ3v) is 4.74. The van der Waals surface area contributed by atoms with E-state index in [9.17, 15) is 13.2 Å². The Morgan fingerprint density at radius 3 is 2.38 bits per heavy atom. The molecule has 1 aromatic rings. The zero-order chi connectivity index (χ0) is 15.9. The number of carbonyl (C=O) groups is 1. The Hall–Kier alpha value is -1.91. The van der Waals surface area contributed by atoms with Gasteiger partial charge in [0.05, 0.1) is 23.9 Å². The molecule has 0 aliphatic carbocycles. The van der Waals surface area contributed by atoms with Gasteiger partial charge in [-0.2, -0.15) is 9.57 Å². The highest BCUT2D eigenvalue weighted by atomic mass is 32.2. The lowest BCUT2D eigenvalue weighted by atomic mass is 10.2. The molecule has 0 unspecified atom stereocenters. The highest BCUT2D eigenvalue weighted by Gasteiger charge is 2.23. The van der Waals surface area contributed by atoms with Crippen LogP contribution in [0.1, 0.15) is 25.0 Å². The Morgan fingerprint density at radius 2 is 1.90 bits per heavy atom. The van der Waals surface area contributed by atoms with Gasteiger partial charge in [-0.3, -0.25) is 4.79 Å². The summed E-state index contributed by atoms with van der Waals surface area (Å²) >= 11 is 0. The molecule has 21 heavy (non-hydrogen) atoms. The maximum Gasteiger partial charge on any atom is 0.235 e. The van der Waals surface area contributed by atoms with Gasteiger partial charge < -0.3 is 5.32 Å². The molecule has 0 aliphatic rings. The average molecular weight is 309 g/mol. The molecule has 0 aliphatic heterocycles.